The Labute approximate surface area is 146 Å². The van der Waals surface area contributed by atoms with E-state index in [1.54, 1.807) is 23.7 Å². The highest BCUT2D eigenvalue weighted by molar-refractivity contribution is 5.82. The molecule has 0 amide bonds. The molecule has 1 aromatic carbocycles. The van der Waals surface area contributed by atoms with E-state index >= 15 is 0 Å². The van der Waals surface area contributed by atoms with Crippen LogP contribution in [0.3, 0.4) is 0 Å². The van der Waals surface area contributed by atoms with E-state index in [4.69, 9.17) is 9.26 Å². The maximum atomic E-state index is 13.5. The number of aryl methyl sites for hydroxylation is 1. The van der Waals surface area contributed by atoms with Crippen molar-refractivity contribution in [2.24, 2.45) is 0 Å². The van der Waals surface area contributed by atoms with Crippen LogP contribution in [0.4, 0.5) is 4.39 Å². The number of halogens is 1. The van der Waals surface area contributed by atoms with E-state index in [1.165, 1.54) is 12.1 Å². The number of nitrogens with zero attached hydrogens (tertiary/aromatic N) is 5. The molecule has 0 N–H and O–H groups in total. The van der Waals surface area contributed by atoms with Crippen molar-refractivity contribution in [2.75, 3.05) is 6.61 Å². The number of aromatic nitrogens is 5. The van der Waals surface area contributed by atoms with Crippen LogP contribution < -0.4 is 4.73 Å². The second kappa shape index (κ2) is 5.46. The largest absolute Gasteiger partial charge is 0.618 e. The van der Waals surface area contributed by atoms with Gasteiger partial charge in [-0.3, -0.25) is 4.40 Å². The van der Waals surface area contributed by atoms with Crippen molar-refractivity contribution < 1.29 is 18.4 Å². The minimum Gasteiger partial charge on any atom is -0.618 e. The molecule has 132 valence electrons. The van der Waals surface area contributed by atoms with Crippen molar-refractivity contribution in [2.45, 2.75) is 25.9 Å². The number of benzene rings is 1. The van der Waals surface area contributed by atoms with E-state index in [1.807, 2.05) is 0 Å². The lowest BCUT2D eigenvalue weighted by molar-refractivity contribution is -0.583. The van der Waals surface area contributed by atoms with E-state index in [9.17, 15) is 9.60 Å². The topological polar surface area (TPSA) is 92.4 Å². The van der Waals surface area contributed by atoms with Gasteiger partial charge in [-0.05, 0) is 25.0 Å². The zero-order valence-electron chi connectivity index (χ0n) is 13.8. The number of fused-ring (bicyclic) bond motifs is 3. The molecule has 1 aliphatic heterocycles. The average molecular weight is 355 g/mol. The van der Waals surface area contributed by atoms with Gasteiger partial charge in [0.2, 0.25) is 17.0 Å². The van der Waals surface area contributed by atoms with Crippen LogP contribution in [0.2, 0.25) is 0 Å². The molecule has 9 heteroatoms. The number of rotatable bonds is 2. The van der Waals surface area contributed by atoms with Crippen LogP contribution in [-0.4, -0.2) is 26.1 Å². The van der Waals surface area contributed by atoms with Crippen LogP contribution in [0.25, 0.3) is 28.1 Å². The summed E-state index contributed by atoms with van der Waals surface area (Å²) in [6.45, 7) is 2.33. The molecule has 26 heavy (non-hydrogen) atoms. The summed E-state index contributed by atoms with van der Waals surface area (Å²) in [5, 5.41) is 16.6. The molecule has 0 aliphatic carbocycles. The SMILES string of the molecule is Cc1c2c(-c3nc(C4CCCO4)no3)ncn2c2ccc(F)cc2[n+]1[O-]. The van der Waals surface area contributed by atoms with Crippen molar-refractivity contribution in [1.82, 2.24) is 19.5 Å². The molecule has 8 nitrogen and oxygen atoms in total. The van der Waals surface area contributed by atoms with Crippen molar-refractivity contribution in [1.29, 1.82) is 0 Å². The summed E-state index contributed by atoms with van der Waals surface area (Å²) >= 11 is 0. The summed E-state index contributed by atoms with van der Waals surface area (Å²) in [4.78, 5) is 8.76. The minimum absolute atomic E-state index is 0.171. The zero-order valence-corrected chi connectivity index (χ0v) is 13.8. The third-order valence-corrected chi connectivity index (χ3v) is 4.69. The fourth-order valence-corrected chi connectivity index (χ4v) is 3.42. The van der Waals surface area contributed by atoms with Crippen LogP contribution in [0.1, 0.15) is 30.5 Å². The first kappa shape index (κ1) is 15.2. The first-order chi connectivity index (χ1) is 12.6. The summed E-state index contributed by atoms with van der Waals surface area (Å²) in [7, 11) is 0. The molecule has 1 aliphatic rings. The van der Waals surface area contributed by atoms with Gasteiger partial charge >= 0.3 is 0 Å². The number of imidazole rings is 1. The predicted octanol–water partition coefficient (Wildman–Crippen LogP) is 2.47. The fraction of sp³-hybridized carbons (Fsp3) is 0.294. The van der Waals surface area contributed by atoms with Crippen molar-refractivity contribution in [3.63, 3.8) is 0 Å². The molecule has 4 heterocycles. The van der Waals surface area contributed by atoms with E-state index < -0.39 is 5.82 Å². The third-order valence-electron chi connectivity index (χ3n) is 4.69. The van der Waals surface area contributed by atoms with Gasteiger partial charge in [0.05, 0.1) is 0 Å². The summed E-state index contributed by atoms with van der Waals surface area (Å²) in [5.74, 6) is 0.232. The summed E-state index contributed by atoms with van der Waals surface area (Å²) in [6, 6.07) is 4.05. The first-order valence-electron chi connectivity index (χ1n) is 8.27. The van der Waals surface area contributed by atoms with Gasteiger partial charge in [-0.2, -0.15) is 9.71 Å². The van der Waals surface area contributed by atoms with Gasteiger partial charge in [0.1, 0.15) is 29.3 Å². The smallest absolute Gasteiger partial charge is 0.279 e. The Morgan fingerprint density at radius 1 is 1.38 bits per heavy atom. The van der Waals surface area contributed by atoms with Crippen molar-refractivity contribution in [3.8, 4) is 11.6 Å². The minimum atomic E-state index is -0.473. The zero-order chi connectivity index (χ0) is 17.8. The Bertz CT molecular complexity index is 1150. The molecule has 0 radical (unpaired) electrons. The lowest BCUT2D eigenvalue weighted by Gasteiger charge is -2.08. The summed E-state index contributed by atoms with van der Waals surface area (Å²) < 4.78 is 26.9. The van der Waals surface area contributed by atoms with Crippen LogP contribution >= 0.6 is 0 Å². The van der Waals surface area contributed by atoms with Gasteiger partial charge in [0, 0.05) is 19.6 Å². The Balaban J connectivity index is 1.72. The quantitative estimate of drug-likeness (QED) is 0.405. The van der Waals surface area contributed by atoms with Crippen molar-refractivity contribution in [3.05, 3.63) is 47.1 Å². The van der Waals surface area contributed by atoms with Crippen LogP contribution in [0, 0.1) is 17.9 Å². The average Bonchev–Trinajstić information content (AvgIpc) is 3.38. The summed E-state index contributed by atoms with van der Waals surface area (Å²) in [5.41, 5.74) is 2.09. The Morgan fingerprint density at radius 2 is 2.27 bits per heavy atom. The van der Waals surface area contributed by atoms with Gasteiger partial charge < -0.3 is 14.5 Å². The maximum absolute atomic E-state index is 13.5. The lowest BCUT2D eigenvalue weighted by atomic mass is 10.2. The molecule has 1 atom stereocenters. The molecule has 0 saturated carbocycles. The molecule has 1 fully saturated rings. The van der Waals surface area contributed by atoms with E-state index in [0.29, 0.717) is 39.6 Å². The maximum Gasteiger partial charge on any atom is 0.279 e. The lowest BCUT2D eigenvalue weighted by Crippen LogP contribution is -2.32. The molecular formula is C17H14FN5O3. The second-order valence-electron chi connectivity index (χ2n) is 6.28. The molecule has 0 spiro atoms. The Hall–Kier alpha value is -3.07. The predicted molar refractivity (Wildman–Crippen MR) is 87.6 cm³/mol. The Morgan fingerprint density at radius 3 is 3.08 bits per heavy atom. The van der Waals surface area contributed by atoms with Crippen LogP contribution in [0.15, 0.2) is 29.0 Å². The van der Waals surface area contributed by atoms with Crippen LogP contribution in [0.5, 0.6) is 0 Å². The molecule has 1 unspecified atom stereocenters. The Kier molecular flexibility index (Phi) is 3.20. The fourth-order valence-electron chi connectivity index (χ4n) is 3.42. The molecule has 0 bridgehead atoms. The standard InChI is InChI=1S/C17H14FN5O3/c1-9-15-14(17-20-16(21-26-17)13-3-2-6-25-13)19-8-22(15)11-5-4-10(18)7-12(11)23(9)24/h4-5,7-8,13H,2-3,6H2,1H3. The molecule has 1 saturated heterocycles. The number of ether oxygens (including phenoxy) is 1. The van der Waals surface area contributed by atoms with Crippen molar-refractivity contribution >= 4 is 16.6 Å². The second-order valence-corrected chi connectivity index (χ2v) is 6.28. The highest BCUT2D eigenvalue weighted by Gasteiger charge is 2.27. The van der Waals surface area contributed by atoms with Gasteiger partial charge in [-0.1, -0.05) is 5.16 Å². The number of hydrogen-bond donors (Lipinski definition) is 0. The third kappa shape index (κ3) is 2.10. The van der Waals surface area contributed by atoms with Gasteiger partial charge in [0.25, 0.3) is 5.89 Å². The van der Waals surface area contributed by atoms with E-state index in [-0.39, 0.29) is 17.5 Å². The first-order valence-corrected chi connectivity index (χ1v) is 8.27. The van der Waals surface area contributed by atoms with Gasteiger partial charge in [-0.15, -0.1) is 0 Å². The highest BCUT2D eigenvalue weighted by atomic mass is 19.1. The molecule has 4 aromatic rings. The summed E-state index contributed by atoms with van der Waals surface area (Å²) in [6.07, 6.45) is 3.20. The van der Waals surface area contributed by atoms with Gasteiger partial charge in [-0.25, -0.2) is 9.37 Å². The van der Waals surface area contributed by atoms with Crippen LogP contribution in [-0.2, 0) is 4.74 Å². The molecule has 3 aromatic heterocycles. The monoisotopic (exact) mass is 355 g/mol. The van der Waals surface area contributed by atoms with E-state index in [2.05, 4.69) is 15.1 Å². The van der Waals surface area contributed by atoms with E-state index in [0.717, 1.165) is 12.8 Å². The highest BCUT2D eigenvalue weighted by Crippen LogP contribution is 2.30. The molecular weight excluding hydrogens is 341 g/mol. The normalized spacial score (nSPS) is 17.5. The van der Waals surface area contributed by atoms with Gasteiger partial charge in [0.15, 0.2) is 5.69 Å². The molecule has 5 rings (SSSR count). The number of hydrogen-bond acceptors (Lipinski definition) is 6.